The average Bonchev–Trinajstić information content (AvgIpc) is 3.15. The topological polar surface area (TPSA) is 170 Å². The van der Waals surface area contributed by atoms with Crippen LogP contribution >= 0.6 is 0 Å². The van der Waals surface area contributed by atoms with Gasteiger partial charge in [0.1, 0.15) is 0 Å². The minimum atomic E-state index is -3.88. The predicted octanol–water partition coefficient (Wildman–Crippen LogP) is 6.19. The number of carbonyl (C=O) groups is 2. The van der Waals surface area contributed by atoms with E-state index in [0.29, 0.717) is 43.5 Å². The quantitative estimate of drug-likeness (QED) is 0.0465. The average molecular weight is 761 g/mol. The molecule has 4 rings (SSSR count). The number of aryl methyl sites for hydroxylation is 2. The second kappa shape index (κ2) is 20.0. The normalized spacial score (nSPS) is 12.2. The highest BCUT2D eigenvalue weighted by Gasteiger charge is 2.16. The fraction of sp³-hybridized carbons (Fsp3) is 0.282. The van der Waals surface area contributed by atoms with E-state index in [1.165, 1.54) is 24.3 Å². The lowest BCUT2D eigenvalue weighted by molar-refractivity contribution is -0.146. The van der Waals surface area contributed by atoms with Crippen molar-refractivity contribution in [1.29, 1.82) is 0 Å². The number of benzene rings is 4. The summed E-state index contributed by atoms with van der Waals surface area (Å²) in [5, 5.41) is 8.37. The molecule has 0 saturated heterocycles. The maximum Gasteiger partial charge on any atom is 0.305 e. The summed E-state index contributed by atoms with van der Waals surface area (Å²) in [5.74, 6) is -0.871. The van der Waals surface area contributed by atoms with E-state index in [2.05, 4.69) is 19.9 Å². The van der Waals surface area contributed by atoms with Crippen molar-refractivity contribution in [2.24, 2.45) is 10.2 Å². The van der Waals surface area contributed by atoms with Crippen LogP contribution < -0.4 is 9.66 Å². The van der Waals surface area contributed by atoms with Gasteiger partial charge >= 0.3 is 11.9 Å². The fourth-order valence-corrected chi connectivity index (χ4v) is 6.60. The number of sulfonamides is 2. The minimum absolute atomic E-state index is 0.0635. The van der Waals surface area contributed by atoms with Gasteiger partial charge < -0.3 is 9.47 Å². The Morgan fingerprint density at radius 3 is 1.23 bits per heavy atom. The smallest absolute Gasteiger partial charge is 0.305 e. The van der Waals surface area contributed by atoms with Crippen LogP contribution in [-0.4, -0.2) is 53.4 Å². The molecule has 0 amide bonds. The molecule has 2 N–H and O–H groups in total. The van der Waals surface area contributed by atoms with E-state index in [1.807, 2.05) is 74.5 Å². The predicted molar refractivity (Wildman–Crippen MR) is 203 cm³/mol. The molecule has 14 heteroatoms. The van der Waals surface area contributed by atoms with E-state index >= 15 is 0 Å². The second-order valence-corrected chi connectivity index (χ2v) is 15.5. The SMILES string of the molecule is Cc1ccc(S(=O)(=O)N/N=C(/CCCC(=O)OCCCOC(=O)CCC/C(=N/NS(=O)(=O)c2ccc(C)cc2)c2ccccc2)c2ccccc2)cc1. The summed E-state index contributed by atoms with van der Waals surface area (Å²) < 4.78 is 61.6. The zero-order chi connectivity index (χ0) is 38.1. The van der Waals surface area contributed by atoms with Crippen LogP contribution in [0.15, 0.2) is 129 Å². The van der Waals surface area contributed by atoms with Gasteiger partial charge in [-0.15, -0.1) is 0 Å². The van der Waals surface area contributed by atoms with E-state index in [-0.39, 0.29) is 35.8 Å². The monoisotopic (exact) mass is 760 g/mol. The highest BCUT2D eigenvalue weighted by atomic mass is 32.2. The van der Waals surface area contributed by atoms with E-state index in [0.717, 1.165) is 22.3 Å². The molecular formula is C39H44N4O8S2. The first-order valence-corrected chi connectivity index (χ1v) is 20.1. The largest absolute Gasteiger partial charge is 0.466 e. The van der Waals surface area contributed by atoms with Gasteiger partial charge in [-0.25, -0.2) is 0 Å². The number of hydrogen-bond acceptors (Lipinski definition) is 10. The number of rotatable bonds is 20. The number of hydrogen-bond donors (Lipinski definition) is 2. The number of hydrazone groups is 2. The maximum absolute atomic E-state index is 12.8. The maximum atomic E-state index is 12.8. The zero-order valence-electron chi connectivity index (χ0n) is 29.7. The third-order valence-corrected chi connectivity index (χ3v) is 10.3. The molecule has 53 heavy (non-hydrogen) atoms. The highest BCUT2D eigenvalue weighted by molar-refractivity contribution is 7.89. The van der Waals surface area contributed by atoms with Crippen molar-refractivity contribution in [2.45, 2.75) is 68.6 Å². The molecule has 0 atom stereocenters. The van der Waals surface area contributed by atoms with Crippen molar-refractivity contribution < 1.29 is 35.9 Å². The Bertz CT molecular complexity index is 1920. The Morgan fingerprint density at radius 2 is 0.868 bits per heavy atom. The van der Waals surface area contributed by atoms with Crippen molar-refractivity contribution in [3.8, 4) is 0 Å². The van der Waals surface area contributed by atoms with E-state index in [9.17, 15) is 26.4 Å². The molecule has 280 valence electrons. The van der Waals surface area contributed by atoms with Crippen molar-refractivity contribution in [3.05, 3.63) is 131 Å². The van der Waals surface area contributed by atoms with Crippen LogP contribution in [0, 0.1) is 13.8 Å². The van der Waals surface area contributed by atoms with Crippen LogP contribution in [0.4, 0.5) is 0 Å². The molecule has 0 saturated carbocycles. The van der Waals surface area contributed by atoms with Gasteiger partial charge in [0.2, 0.25) is 0 Å². The first-order chi connectivity index (χ1) is 25.4. The molecule has 12 nitrogen and oxygen atoms in total. The summed E-state index contributed by atoms with van der Waals surface area (Å²) in [4.78, 5) is 29.6. The Hall–Kier alpha value is -5.34. The Kier molecular flexibility index (Phi) is 15.3. The summed E-state index contributed by atoms with van der Waals surface area (Å²) in [7, 11) is -7.75. The molecule has 0 unspecified atom stereocenters. The van der Waals surface area contributed by atoms with Gasteiger partial charge in [0.05, 0.1) is 34.4 Å². The zero-order valence-corrected chi connectivity index (χ0v) is 31.4. The molecule has 0 aliphatic carbocycles. The molecule has 0 radical (unpaired) electrons. The molecule has 0 spiro atoms. The van der Waals surface area contributed by atoms with Gasteiger partial charge in [-0.05, 0) is 74.9 Å². The number of esters is 2. The number of nitrogens with one attached hydrogen (secondary N) is 2. The number of carbonyl (C=O) groups excluding carboxylic acids is 2. The van der Waals surface area contributed by atoms with Gasteiger partial charge in [0.25, 0.3) is 20.0 Å². The highest BCUT2D eigenvalue weighted by Crippen LogP contribution is 2.14. The molecule has 0 heterocycles. The van der Waals surface area contributed by atoms with Crippen LogP contribution in [0.25, 0.3) is 0 Å². The molecule has 4 aromatic rings. The van der Waals surface area contributed by atoms with Crippen molar-refractivity contribution in [1.82, 2.24) is 9.66 Å². The van der Waals surface area contributed by atoms with Crippen LogP contribution in [0.1, 0.15) is 67.2 Å². The molecule has 0 fully saturated rings. The summed E-state index contributed by atoms with van der Waals surface area (Å²) >= 11 is 0. The molecule has 4 aromatic carbocycles. The van der Waals surface area contributed by atoms with E-state index in [1.54, 1.807) is 24.3 Å². The van der Waals surface area contributed by atoms with Gasteiger partial charge in [-0.3, -0.25) is 9.59 Å². The first-order valence-electron chi connectivity index (χ1n) is 17.1. The van der Waals surface area contributed by atoms with Crippen LogP contribution in [0.5, 0.6) is 0 Å². The van der Waals surface area contributed by atoms with E-state index in [4.69, 9.17) is 9.47 Å². The molecule has 0 aliphatic rings. The standard InChI is InChI=1S/C39H44N4O8S2/c1-30-20-24-34(25-21-30)52(46,47)42-40-36(32-12-5-3-6-13-32)16-9-18-38(44)50-28-11-29-51-39(45)19-10-17-37(33-14-7-4-8-15-33)41-43-53(48,49)35-26-22-31(2)23-27-35/h3-8,12-15,20-27,42-43H,9-11,16-19,28-29H2,1-2H3/b40-36-,41-37-. The molecule has 0 bridgehead atoms. The lowest BCUT2D eigenvalue weighted by atomic mass is 10.0. The Labute approximate surface area is 311 Å². The Morgan fingerprint density at radius 1 is 0.509 bits per heavy atom. The summed E-state index contributed by atoms with van der Waals surface area (Å²) in [6.07, 6.45) is 1.87. The van der Waals surface area contributed by atoms with Crippen LogP contribution in [-0.2, 0) is 39.1 Å². The van der Waals surface area contributed by atoms with E-state index < -0.39 is 32.0 Å². The molecule has 0 aromatic heterocycles. The number of nitrogens with zero attached hydrogens (tertiary/aromatic N) is 2. The summed E-state index contributed by atoms with van der Waals surface area (Å²) in [6.45, 7) is 3.86. The van der Waals surface area contributed by atoms with Gasteiger partial charge in [0, 0.05) is 19.3 Å². The minimum Gasteiger partial charge on any atom is -0.466 e. The lowest BCUT2D eigenvalue weighted by Gasteiger charge is -2.10. The summed E-state index contributed by atoms with van der Waals surface area (Å²) in [6, 6.07) is 31.1. The summed E-state index contributed by atoms with van der Waals surface area (Å²) in [5.41, 5.74) is 4.27. The van der Waals surface area contributed by atoms with Crippen LogP contribution in [0.2, 0.25) is 0 Å². The molecular weight excluding hydrogens is 717 g/mol. The first kappa shape index (κ1) is 40.4. The lowest BCUT2D eigenvalue weighted by Crippen LogP contribution is -2.21. The van der Waals surface area contributed by atoms with Gasteiger partial charge in [0.15, 0.2) is 0 Å². The van der Waals surface area contributed by atoms with Gasteiger partial charge in [-0.2, -0.15) is 36.7 Å². The fourth-order valence-electron chi connectivity index (χ4n) is 4.94. The van der Waals surface area contributed by atoms with Crippen molar-refractivity contribution in [2.75, 3.05) is 13.2 Å². The van der Waals surface area contributed by atoms with Crippen molar-refractivity contribution in [3.63, 3.8) is 0 Å². The molecule has 0 aliphatic heterocycles. The van der Waals surface area contributed by atoms with Gasteiger partial charge in [-0.1, -0.05) is 96.1 Å². The Balaban J connectivity index is 1.17. The third-order valence-electron chi connectivity index (χ3n) is 7.88. The van der Waals surface area contributed by atoms with Crippen LogP contribution in [0.3, 0.4) is 0 Å². The third kappa shape index (κ3) is 13.6. The number of ether oxygens (including phenoxy) is 2. The second-order valence-electron chi connectivity index (χ2n) is 12.2. The van der Waals surface area contributed by atoms with Crippen molar-refractivity contribution >= 4 is 43.4 Å².